The minimum atomic E-state index is -0.900. The van der Waals surface area contributed by atoms with E-state index in [2.05, 4.69) is 27.0 Å². The van der Waals surface area contributed by atoms with Crippen LogP contribution >= 0.6 is 0 Å². The summed E-state index contributed by atoms with van der Waals surface area (Å²) in [5.74, 6) is -0.693. The van der Waals surface area contributed by atoms with E-state index >= 15 is 0 Å². The zero-order chi connectivity index (χ0) is 16.0. The van der Waals surface area contributed by atoms with Gasteiger partial charge in [-0.05, 0) is 18.8 Å². The highest BCUT2D eigenvalue weighted by atomic mass is 16.5. The first-order chi connectivity index (χ1) is 9.42. The zero-order valence-corrected chi connectivity index (χ0v) is 13.0. The van der Waals surface area contributed by atoms with Gasteiger partial charge in [0, 0.05) is 11.6 Å². The van der Waals surface area contributed by atoms with Gasteiger partial charge in [0.1, 0.15) is 0 Å². The van der Waals surface area contributed by atoms with Gasteiger partial charge < -0.3 is 9.84 Å². The maximum Gasteiger partial charge on any atom is 0.330 e. The van der Waals surface area contributed by atoms with Crippen molar-refractivity contribution < 1.29 is 19.4 Å². The molecule has 0 rings (SSSR count). The van der Waals surface area contributed by atoms with Crippen molar-refractivity contribution in [1.82, 2.24) is 0 Å². The van der Waals surface area contributed by atoms with Crippen LogP contribution in [0.1, 0.15) is 52.9 Å². The molecule has 116 valence electrons. The molecular formula is C16H28O4. The SMILES string of the molecule is C=C(CC)C(=O)O.C=CC(=O)OCC(CC)CCCC. The van der Waals surface area contributed by atoms with E-state index in [9.17, 15) is 9.59 Å². The van der Waals surface area contributed by atoms with Gasteiger partial charge in [0.05, 0.1) is 6.61 Å². The summed E-state index contributed by atoms with van der Waals surface area (Å²) < 4.78 is 4.98. The molecule has 0 saturated carbocycles. The third kappa shape index (κ3) is 12.9. The van der Waals surface area contributed by atoms with Crippen molar-refractivity contribution in [3.05, 3.63) is 24.8 Å². The van der Waals surface area contributed by atoms with Gasteiger partial charge in [-0.25, -0.2) is 9.59 Å². The second kappa shape index (κ2) is 13.8. The van der Waals surface area contributed by atoms with E-state index in [1.165, 1.54) is 18.9 Å². The molecule has 20 heavy (non-hydrogen) atoms. The largest absolute Gasteiger partial charge is 0.478 e. The van der Waals surface area contributed by atoms with E-state index < -0.39 is 5.97 Å². The molecule has 0 aromatic rings. The number of carboxylic acid groups (broad SMARTS) is 1. The number of unbranched alkanes of at least 4 members (excludes halogenated alkanes) is 1. The Kier molecular flexibility index (Phi) is 14.3. The number of hydrogen-bond donors (Lipinski definition) is 1. The molecule has 0 amide bonds. The Hall–Kier alpha value is -1.58. The van der Waals surface area contributed by atoms with Gasteiger partial charge >= 0.3 is 11.9 Å². The summed E-state index contributed by atoms with van der Waals surface area (Å²) >= 11 is 0. The first-order valence-corrected chi connectivity index (χ1v) is 7.12. The molecule has 0 aromatic carbocycles. The van der Waals surface area contributed by atoms with Gasteiger partial charge in [-0.15, -0.1) is 0 Å². The van der Waals surface area contributed by atoms with Crippen LogP contribution in [-0.4, -0.2) is 23.7 Å². The second-order valence-corrected chi connectivity index (χ2v) is 4.51. The Bertz CT molecular complexity index is 308. The molecule has 4 nitrogen and oxygen atoms in total. The highest BCUT2D eigenvalue weighted by Gasteiger charge is 2.07. The molecule has 0 aromatic heterocycles. The summed E-state index contributed by atoms with van der Waals surface area (Å²) in [5, 5.41) is 8.08. The Morgan fingerprint density at radius 1 is 1.30 bits per heavy atom. The quantitative estimate of drug-likeness (QED) is 0.514. The summed E-state index contributed by atoms with van der Waals surface area (Å²) in [7, 11) is 0. The number of carboxylic acids is 1. The van der Waals surface area contributed by atoms with Crippen LogP contribution < -0.4 is 0 Å². The number of carbonyl (C=O) groups is 2. The monoisotopic (exact) mass is 284 g/mol. The van der Waals surface area contributed by atoms with Gasteiger partial charge in [0.25, 0.3) is 0 Å². The Balaban J connectivity index is 0. The van der Waals surface area contributed by atoms with E-state index in [0.29, 0.717) is 18.9 Å². The molecule has 0 heterocycles. The van der Waals surface area contributed by atoms with Crippen molar-refractivity contribution in [2.45, 2.75) is 52.9 Å². The Labute approximate surface area is 122 Å². The smallest absolute Gasteiger partial charge is 0.330 e. The third-order valence-corrected chi connectivity index (χ3v) is 2.90. The summed E-state index contributed by atoms with van der Waals surface area (Å²) in [4.78, 5) is 20.6. The van der Waals surface area contributed by atoms with Crippen LogP contribution in [0.2, 0.25) is 0 Å². The highest BCUT2D eigenvalue weighted by molar-refractivity contribution is 5.85. The van der Waals surface area contributed by atoms with Gasteiger partial charge in [-0.3, -0.25) is 0 Å². The third-order valence-electron chi connectivity index (χ3n) is 2.90. The van der Waals surface area contributed by atoms with Crippen molar-refractivity contribution in [2.24, 2.45) is 5.92 Å². The second-order valence-electron chi connectivity index (χ2n) is 4.51. The van der Waals surface area contributed by atoms with Crippen LogP contribution in [0, 0.1) is 5.92 Å². The molecule has 0 spiro atoms. The summed E-state index contributed by atoms with van der Waals surface area (Å²) in [5.41, 5.74) is 0.264. The topological polar surface area (TPSA) is 63.6 Å². The normalized spacial score (nSPS) is 10.8. The average molecular weight is 284 g/mol. The molecule has 1 unspecified atom stereocenters. The van der Waals surface area contributed by atoms with Gasteiger partial charge in [0.15, 0.2) is 0 Å². The molecule has 1 N–H and O–H groups in total. The average Bonchev–Trinajstić information content (AvgIpc) is 2.46. The van der Waals surface area contributed by atoms with E-state index in [0.717, 1.165) is 12.8 Å². The summed E-state index contributed by atoms with van der Waals surface area (Å²) in [6.07, 6.45) is 6.37. The van der Waals surface area contributed by atoms with Crippen molar-refractivity contribution in [2.75, 3.05) is 6.61 Å². The molecule has 0 fully saturated rings. The lowest BCUT2D eigenvalue weighted by atomic mass is 10.0. The number of hydrogen-bond acceptors (Lipinski definition) is 3. The first-order valence-electron chi connectivity index (χ1n) is 7.12. The van der Waals surface area contributed by atoms with Crippen LogP contribution in [0.15, 0.2) is 24.8 Å². The first kappa shape index (κ1) is 20.7. The van der Waals surface area contributed by atoms with E-state index in [1.54, 1.807) is 6.92 Å². The fraction of sp³-hybridized carbons (Fsp3) is 0.625. The Morgan fingerprint density at radius 3 is 2.20 bits per heavy atom. The fourth-order valence-corrected chi connectivity index (χ4v) is 1.31. The molecule has 0 aliphatic heterocycles. The van der Waals surface area contributed by atoms with Crippen LogP contribution in [-0.2, 0) is 14.3 Å². The maximum atomic E-state index is 10.8. The summed E-state index contributed by atoms with van der Waals surface area (Å²) in [6.45, 7) is 13.2. The van der Waals surface area contributed by atoms with Crippen LogP contribution in [0.4, 0.5) is 0 Å². The zero-order valence-electron chi connectivity index (χ0n) is 13.0. The fourth-order valence-electron chi connectivity index (χ4n) is 1.31. The number of esters is 1. The molecule has 4 heteroatoms. The van der Waals surface area contributed by atoms with E-state index in [-0.39, 0.29) is 11.5 Å². The van der Waals surface area contributed by atoms with Crippen molar-refractivity contribution in [1.29, 1.82) is 0 Å². The molecule has 0 aliphatic rings. The molecule has 0 saturated heterocycles. The van der Waals surface area contributed by atoms with Crippen molar-refractivity contribution in [3.8, 4) is 0 Å². The number of rotatable bonds is 9. The van der Waals surface area contributed by atoms with Gasteiger partial charge in [0.2, 0.25) is 0 Å². The molecular weight excluding hydrogens is 256 g/mol. The molecule has 0 aliphatic carbocycles. The molecule has 1 atom stereocenters. The number of carbonyl (C=O) groups excluding carboxylic acids is 1. The molecule has 0 radical (unpaired) electrons. The van der Waals surface area contributed by atoms with E-state index in [1.807, 2.05) is 0 Å². The van der Waals surface area contributed by atoms with Crippen LogP contribution in [0.25, 0.3) is 0 Å². The lowest BCUT2D eigenvalue weighted by Gasteiger charge is -2.13. The predicted octanol–water partition coefficient (Wildman–Crippen LogP) is 3.97. The summed E-state index contributed by atoms with van der Waals surface area (Å²) in [6, 6.07) is 0. The van der Waals surface area contributed by atoms with Gasteiger partial charge in [-0.1, -0.05) is 53.2 Å². The maximum absolute atomic E-state index is 10.8. The minimum absolute atomic E-state index is 0.264. The Morgan fingerprint density at radius 2 is 1.90 bits per heavy atom. The van der Waals surface area contributed by atoms with Crippen molar-refractivity contribution in [3.63, 3.8) is 0 Å². The standard InChI is InChI=1S/C11H20O2.C5H8O2/c1-4-7-8-10(5-2)9-13-11(12)6-3;1-3-4(2)5(6)7/h6,10H,3-5,7-9H2,1-2H3;2-3H2,1H3,(H,6,7). The lowest BCUT2D eigenvalue weighted by molar-refractivity contribution is -0.139. The lowest BCUT2D eigenvalue weighted by Crippen LogP contribution is -2.12. The van der Waals surface area contributed by atoms with Crippen LogP contribution in [0.5, 0.6) is 0 Å². The van der Waals surface area contributed by atoms with Gasteiger partial charge in [-0.2, -0.15) is 0 Å². The van der Waals surface area contributed by atoms with E-state index in [4.69, 9.17) is 9.84 Å². The highest BCUT2D eigenvalue weighted by Crippen LogP contribution is 2.12. The number of ether oxygens (including phenoxy) is 1. The minimum Gasteiger partial charge on any atom is -0.478 e. The predicted molar refractivity (Wildman–Crippen MR) is 81.5 cm³/mol. The van der Waals surface area contributed by atoms with Crippen molar-refractivity contribution >= 4 is 11.9 Å². The molecule has 0 bridgehead atoms. The van der Waals surface area contributed by atoms with Crippen LogP contribution in [0.3, 0.4) is 0 Å². The number of aliphatic carboxylic acids is 1.